The number of halogens is 4. The maximum atomic E-state index is 13.2. The van der Waals surface area contributed by atoms with Crippen molar-refractivity contribution in [2.75, 3.05) is 0 Å². The molecule has 14 heavy (non-hydrogen) atoms. The minimum absolute atomic E-state index is 0.0396. The fourth-order valence-electron chi connectivity index (χ4n) is 0.895. The van der Waals surface area contributed by atoms with Gasteiger partial charge in [0.2, 0.25) is 0 Å². The molecule has 0 unspecified atom stereocenters. The molecule has 0 bridgehead atoms. The summed E-state index contributed by atoms with van der Waals surface area (Å²) in [6, 6.07) is 2.62. The van der Waals surface area contributed by atoms with Crippen LogP contribution in [0.15, 0.2) is 6.07 Å². The highest BCUT2D eigenvalue weighted by atomic mass is 127. The molecule has 0 atom stereocenters. The Balaban J connectivity index is 3.22. The van der Waals surface area contributed by atoms with Crippen LogP contribution in [0.3, 0.4) is 0 Å². The summed E-state index contributed by atoms with van der Waals surface area (Å²) >= 11 is 1.52. The van der Waals surface area contributed by atoms with E-state index >= 15 is 0 Å². The molecule has 0 radical (unpaired) electrons. The summed E-state index contributed by atoms with van der Waals surface area (Å²) in [7, 11) is 0. The van der Waals surface area contributed by atoms with E-state index in [4.69, 9.17) is 5.26 Å². The Kier molecular flexibility index (Phi) is 3.69. The van der Waals surface area contributed by atoms with Gasteiger partial charge in [0, 0.05) is 5.56 Å². The average Bonchev–Trinajstić information content (AvgIpc) is 2.12. The molecule has 0 N–H and O–H groups in total. The van der Waals surface area contributed by atoms with Crippen LogP contribution in [0.25, 0.3) is 0 Å². The standard InChI is InChI=1S/C8H4F3IN2/c9-6-4(1-2-13)3-5(7(10)11)14-8(6)12/h3,7H,1H2. The van der Waals surface area contributed by atoms with Gasteiger partial charge in [-0.05, 0) is 28.7 Å². The van der Waals surface area contributed by atoms with Crippen LogP contribution in [0, 0.1) is 20.8 Å². The molecule has 0 fully saturated rings. The third kappa shape index (κ3) is 2.35. The van der Waals surface area contributed by atoms with Gasteiger partial charge in [0.05, 0.1) is 12.5 Å². The summed E-state index contributed by atoms with van der Waals surface area (Å²) in [6.45, 7) is 0. The zero-order chi connectivity index (χ0) is 10.7. The molecule has 0 saturated carbocycles. The van der Waals surface area contributed by atoms with Crippen LogP contribution in [0.2, 0.25) is 0 Å². The third-order valence-corrected chi connectivity index (χ3v) is 2.22. The first kappa shape index (κ1) is 11.2. The fraction of sp³-hybridized carbons (Fsp3) is 0.250. The molecule has 0 aliphatic heterocycles. The first-order valence-electron chi connectivity index (χ1n) is 3.56. The summed E-state index contributed by atoms with van der Waals surface area (Å²) in [5, 5.41) is 8.34. The maximum absolute atomic E-state index is 13.2. The Labute approximate surface area is 91.9 Å². The minimum atomic E-state index is -2.75. The molecule has 0 amide bonds. The van der Waals surface area contributed by atoms with Crippen molar-refractivity contribution in [1.29, 1.82) is 5.26 Å². The Morgan fingerprint density at radius 3 is 2.71 bits per heavy atom. The summed E-state index contributed by atoms with van der Waals surface area (Å²) < 4.78 is 37.5. The third-order valence-electron chi connectivity index (χ3n) is 1.51. The van der Waals surface area contributed by atoms with Gasteiger partial charge in [0.25, 0.3) is 6.43 Å². The Bertz CT molecular complexity index is 387. The molecule has 1 aromatic heterocycles. The molecule has 74 valence electrons. The van der Waals surface area contributed by atoms with Crippen molar-refractivity contribution in [3.63, 3.8) is 0 Å². The molecular formula is C8H4F3IN2. The quantitative estimate of drug-likeness (QED) is 0.622. The fourth-order valence-corrected chi connectivity index (χ4v) is 1.52. The summed E-state index contributed by atoms with van der Waals surface area (Å²) in [5.74, 6) is -0.698. The Hall–Kier alpha value is -0.840. The van der Waals surface area contributed by atoms with Gasteiger partial charge in [-0.25, -0.2) is 18.2 Å². The van der Waals surface area contributed by atoms with Crippen LogP contribution in [0.5, 0.6) is 0 Å². The smallest absolute Gasteiger partial charge is 0.238 e. The molecule has 0 aromatic carbocycles. The van der Waals surface area contributed by atoms with Gasteiger partial charge in [-0.1, -0.05) is 0 Å². The number of nitrogens with zero attached hydrogens (tertiary/aromatic N) is 2. The number of hydrogen-bond acceptors (Lipinski definition) is 2. The number of hydrogen-bond donors (Lipinski definition) is 0. The summed E-state index contributed by atoms with van der Waals surface area (Å²) in [6.07, 6.45) is -2.98. The zero-order valence-electron chi connectivity index (χ0n) is 6.77. The maximum Gasteiger partial charge on any atom is 0.280 e. The van der Waals surface area contributed by atoms with Crippen molar-refractivity contribution >= 4 is 22.6 Å². The highest BCUT2D eigenvalue weighted by Crippen LogP contribution is 2.22. The van der Waals surface area contributed by atoms with Gasteiger partial charge in [-0.2, -0.15) is 5.26 Å². The molecular weight excluding hydrogens is 308 g/mol. The van der Waals surface area contributed by atoms with E-state index in [0.29, 0.717) is 0 Å². The topological polar surface area (TPSA) is 36.7 Å². The molecule has 2 nitrogen and oxygen atoms in total. The van der Waals surface area contributed by atoms with Gasteiger partial charge in [-0.15, -0.1) is 0 Å². The van der Waals surface area contributed by atoms with E-state index in [2.05, 4.69) is 4.98 Å². The van der Waals surface area contributed by atoms with E-state index in [1.54, 1.807) is 6.07 Å². The van der Waals surface area contributed by atoms with Crippen LogP contribution in [0.4, 0.5) is 13.2 Å². The van der Waals surface area contributed by atoms with Crippen molar-refractivity contribution < 1.29 is 13.2 Å². The van der Waals surface area contributed by atoms with E-state index in [1.165, 1.54) is 22.6 Å². The normalized spacial score (nSPS) is 10.3. The number of aromatic nitrogens is 1. The summed E-state index contributed by atoms with van der Waals surface area (Å²) in [5.41, 5.74) is -0.539. The number of pyridine rings is 1. The van der Waals surface area contributed by atoms with Crippen molar-refractivity contribution in [3.05, 3.63) is 26.8 Å². The lowest BCUT2D eigenvalue weighted by Gasteiger charge is -2.04. The van der Waals surface area contributed by atoms with Gasteiger partial charge in [0.15, 0.2) is 5.82 Å². The van der Waals surface area contributed by atoms with Crippen molar-refractivity contribution in [2.45, 2.75) is 12.8 Å². The van der Waals surface area contributed by atoms with E-state index in [-0.39, 0.29) is 15.7 Å². The molecule has 1 aromatic rings. The monoisotopic (exact) mass is 312 g/mol. The molecule has 0 aliphatic rings. The van der Waals surface area contributed by atoms with E-state index in [1.807, 2.05) is 0 Å². The molecule has 1 rings (SSSR count). The van der Waals surface area contributed by atoms with Crippen LogP contribution in [-0.2, 0) is 6.42 Å². The van der Waals surface area contributed by atoms with Gasteiger partial charge < -0.3 is 0 Å². The van der Waals surface area contributed by atoms with Gasteiger partial charge in [-0.3, -0.25) is 0 Å². The number of nitriles is 1. The van der Waals surface area contributed by atoms with Gasteiger partial charge in [0.1, 0.15) is 9.39 Å². The van der Waals surface area contributed by atoms with E-state index in [0.717, 1.165) is 6.07 Å². The number of rotatable bonds is 2. The number of alkyl halides is 2. The molecule has 0 saturated heterocycles. The Morgan fingerprint density at radius 1 is 1.57 bits per heavy atom. The molecule has 0 spiro atoms. The minimum Gasteiger partial charge on any atom is -0.238 e. The first-order valence-corrected chi connectivity index (χ1v) is 4.64. The lowest BCUT2D eigenvalue weighted by molar-refractivity contribution is 0.145. The van der Waals surface area contributed by atoms with Crippen molar-refractivity contribution in [2.24, 2.45) is 0 Å². The lowest BCUT2D eigenvalue weighted by atomic mass is 10.2. The molecule has 0 aliphatic carbocycles. The second-order valence-electron chi connectivity index (χ2n) is 2.45. The zero-order valence-corrected chi connectivity index (χ0v) is 8.93. The lowest BCUT2D eigenvalue weighted by Crippen LogP contribution is -2.01. The SMILES string of the molecule is N#CCc1cc(C(F)F)nc(I)c1F. The van der Waals surface area contributed by atoms with Crippen LogP contribution in [0.1, 0.15) is 17.7 Å². The van der Waals surface area contributed by atoms with E-state index in [9.17, 15) is 13.2 Å². The van der Waals surface area contributed by atoms with Crippen LogP contribution >= 0.6 is 22.6 Å². The van der Waals surface area contributed by atoms with Crippen molar-refractivity contribution in [3.8, 4) is 6.07 Å². The highest BCUT2D eigenvalue weighted by Gasteiger charge is 2.15. The van der Waals surface area contributed by atoms with Crippen LogP contribution in [-0.4, -0.2) is 4.98 Å². The largest absolute Gasteiger partial charge is 0.280 e. The molecule has 1 heterocycles. The van der Waals surface area contributed by atoms with E-state index < -0.39 is 17.9 Å². The Morgan fingerprint density at radius 2 is 2.21 bits per heavy atom. The second kappa shape index (κ2) is 4.59. The van der Waals surface area contributed by atoms with Crippen molar-refractivity contribution in [1.82, 2.24) is 4.98 Å². The predicted octanol–water partition coefficient (Wildman–Crippen LogP) is 2.83. The van der Waals surface area contributed by atoms with Crippen LogP contribution < -0.4 is 0 Å². The van der Waals surface area contributed by atoms with Gasteiger partial charge >= 0.3 is 0 Å². The predicted molar refractivity (Wildman–Crippen MR) is 51.2 cm³/mol. The molecule has 6 heteroatoms. The average molecular weight is 312 g/mol. The first-order chi connectivity index (χ1) is 6.56. The highest BCUT2D eigenvalue weighted by molar-refractivity contribution is 14.1. The second-order valence-corrected chi connectivity index (χ2v) is 3.47. The summed E-state index contributed by atoms with van der Waals surface area (Å²) in [4.78, 5) is 3.37.